The highest BCUT2D eigenvalue weighted by Crippen LogP contribution is 2.44. The van der Waals surface area contributed by atoms with Crippen LogP contribution in [0, 0.1) is 32.6 Å². The van der Waals surface area contributed by atoms with E-state index in [1.54, 1.807) is 4.52 Å². The first-order valence-corrected chi connectivity index (χ1v) is 9.69. The second kappa shape index (κ2) is 6.05. The van der Waals surface area contributed by atoms with Crippen molar-refractivity contribution in [2.75, 3.05) is 13.1 Å². The van der Waals surface area contributed by atoms with E-state index in [1.165, 1.54) is 0 Å². The van der Waals surface area contributed by atoms with Crippen molar-refractivity contribution in [2.24, 2.45) is 11.8 Å². The van der Waals surface area contributed by atoms with Crippen molar-refractivity contribution in [3.8, 4) is 0 Å². The molecule has 2 aromatic heterocycles. The molecule has 4 rings (SSSR count). The number of rotatable bonds is 2. The van der Waals surface area contributed by atoms with Crippen molar-refractivity contribution < 1.29 is 9.90 Å². The minimum atomic E-state index is -0.625. The summed E-state index contributed by atoms with van der Waals surface area (Å²) in [6.07, 6.45) is 3.75. The van der Waals surface area contributed by atoms with E-state index in [4.69, 9.17) is 0 Å². The Morgan fingerprint density at radius 3 is 2.85 bits per heavy atom. The molecule has 3 heterocycles. The third-order valence-electron chi connectivity index (χ3n) is 6.50. The number of aliphatic hydroxyl groups is 1. The number of hydrogen-bond acceptors (Lipinski definition) is 4. The van der Waals surface area contributed by atoms with E-state index in [0.29, 0.717) is 23.7 Å². The monoisotopic (exact) mass is 356 g/mol. The summed E-state index contributed by atoms with van der Waals surface area (Å²) in [4.78, 5) is 19.9. The van der Waals surface area contributed by atoms with Gasteiger partial charge in [-0.25, -0.2) is 9.50 Å². The molecule has 6 nitrogen and oxygen atoms in total. The lowest BCUT2D eigenvalue weighted by molar-refractivity contribution is -0.0609. The van der Waals surface area contributed by atoms with Gasteiger partial charge in [0, 0.05) is 30.4 Å². The molecule has 0 bridgehead atoms. The lowest BCUT2D eigenvalue weighted by Crippen LogP contribution is -2.44. The molecule has 1 saturated carbocycles. The van der Waals surface area contributed by atoms with Crippen molar-refractivity contribution in [1.29, 1.82) is 0 Å². The first-order valence-electron chi connectivity index (χ1n) is 9.69. The molecule has 2 aromatic rings. The van der Waals surface area contributed by atoms with Gasteiger partial charge in [0.15, 0.2) is 5.65 Å². The van der Waals surface area contributed by atoms with E-state index in [-0.39, 0.29) is 11.8 Å². The molecule has 1 N–H and O–H groups in total. The first kappa shape index (κ1) is 17.5. The topological polar surface area (TPSA) is 70.7 Å². The van der Waals surface area contributed by atoms with Crippen LogP contribution >= 0.6 is 0 Å². The first-order chi connectivity index (χ1) is 12.3. The van der Waals surface area contributed by atoms with E-state index in [2.05, 4.69) is 17.0 Å². The Morgan fingerprint density at radius 1 is 1.35 bits per heavy atom. The van der Waals surface area contributed by atoms with Gasteiger partial charge in [-0.15, -0.1) is 0 Å². The van der Waals surface area contributed by atoms with Crippen molar-refractivity contribution in [2.45, 2.75) is 59.0 Å². The highest BCUT2D eigenvalue weighted by atomic mass is 16.3. The molecule has 1 saturated heterocycles. The third kappa shape index (κ3) is 2.54. The van der Waals surface area contributed by atoms with Gasteiger partial charge in [-0.05, 0) is 52.0 Å². The molecule has 26 heavy (non-hydrogen) atoms. The average Bonchev–Trinajstić information content (AvgIpc) is 3.17. The highest BCUT2D eigenvalue weighted by Gasteiger charge is 2.49. The molecular formula is C20H28N4O2. The lowest BCUT2D eigenvalue weighted by Gasteiger charge is -2.40. The SMILES string of the molecule is CC[C@]1(O)CCC[C@H]2CN(C(=O)c3c(C)nn4c(C)cc(C)nc34)C[C@H]21. The summed E-state index contributed by atoms with van der Waals surface area (Å²) < 4.78 is 1.76. The van der Waals surface area contributed by atoms with Crippen LogP contribution in [0.25, 0.3) is 5.65 Å². The minimum absolute atomic E-state index is 0.00264. The van der Waals surface area contributed by atoms with Crippen LogP contribution in [0.5, 0.6) is 0 Å². The Balaban J connectivity index is 1.69. The fourth-order valence-electron chi connectivity index (χ4n) is 5.07. The van der Waals surface area contributed by atoms with Crippen LogP contribution in [0.2, 0.25) is 0 Å². The molecule has 1 amide bonds. The molecule has 0 unspecified atom stereocenters. The van der Waals surface area contributed by atoms with Crippen LogP contribution < -0.4 is 0 Å². The normalized spacial score (nSPS) is 28.6. The van der Waals surface area contributed by atoms with Gasteiger partial charge in [-0.1, -0.05) is 13.3 Å². The largest absolute Gasteiger partial charge is 0.390 e. The molecule has 0 spiro atoms. The summed E-state index contributed by atoms with van der Waals surface area (Å²) in [6.45, 7) is 9.21. The summed E-state index contributed by atoms with van der Waals surface area (Å²) in [5.74, 6) is 0.586. The maximum absolute atomic E-state index is 13.4. The Morgan fingerprint density at radius 2 is 2.12 bits per heavy atom. The number of aromatic nitrogens is 3. The summed E-state index contributed by atoms with van der Waals surface area (Å²) in [5.41, 5.74) is 3.21. The molecule has 0 aromatic carbocycles. The second-order valence-electron chi connectivity index (χ2n) is 8.16. The summed E-state index contributed by atoms with van der Waals surface area (Å²) >= 11 is 0. The molecule has 6 heteroatoms. The fraction of sp³-hybridized carbons (Fsp3) is 0.650. The number of carbonyl (C=O) groups is 1. The number of fused-ring (bicyclic) bond motifs is 2. The number of nitrogens with zero attached hydrogens (tertiary/aromatic N) is 4. The molecule has 0 radical (unpaired) electrons. The number of aryl methyl sites for hydroxylation is 3. The summed E-state index contributed by atoms with van der Waals surface area (Å²) in [6, 6.07) is 1.97. The lowest BCUT2D eigenvalue weighted by atomic mass is 9.69. The standard InChI is InChI=1S/C20H28N4O2/c1-5-20(26)8-6-7-15-10-23(11-16(15)20)19(25)17-14(4)22-24-13(3)9-12(2)21-18(17)24/h9,15-16,26H,5-8,10-11H2,1-4H3/t15-,16+,20-/m0/s1. The average molecular weight is 356 g/mol. The Labute approximate surface area is 154 Å². The zero-order chi connectivity index (χ0) is 18.6. The van der Waals surface area contributed by atoms with Crippen molar-refractivity contribution >= 4 is 11.6 Å². The maximum atomic E-state index is 13.4. The van der Waals surface area contributed by atoms with Crippen LogP contribution in [0.3, 0.4) is 0 Å². The van der Waals surface area contributed by atoms with Crippen LogP contribution in [0.4, 0.5) is 0 Å². The molecule has 1 aliphatic carbocycles. The predicted octanol–water partition coefficient (Wildman–Crippen LogP) is 2.67. The number of hydrogen-bond donors (Lipinski definition) is 1. The Kier molecular flexibility index (Phi) is 4.06. The van der Waals surface area contributed by atoms with Crippen molar-refractivity contribution in [3.05, 3.63) is 28.7 Å². The number of likely N-dealkylation sites (tertiary alicyclic amines) is 1. The van der Waals surface area contributed by atoms with Gasteiger partial charge in [0.1, 0.15) is 5.56 Å². The van der Waals surface area contributed by atoms with Crippen molar-refractivity contribution in [1.82, 2.24) is 19.5 Å². The predicted molar refractivity (Wildman–Crippen MR) is 99.2 cm³/mol. The van der Waals surface area contributed by atoms with Gasteiger partial charge in [-0.3, -0.25) is 4.79 Å². The summed E-state index contributed by atoms with van der Waals surface area (Å²) in [7, 11) is 0. The van der Waals surface area contributed by atoms with Gasteiger partial charge < -0.3 is 10.0 Å². The van der Waals surface area contributed by atoms with Gasteiger partial charge in [0.2, 0.25) is 0 Å². The van der Waals surface area contributed by atoms with Crippen LogP contribution in [-0.4, -0.2) is 49.2 Å². The fourth-order valence-corrected chi connectivity index (χ4v) is 5.07. The quantitative estimate of drug-likeness (QED) is 0.898. The molecular weight excluding hydrogens is 328 g/mol. The Hall–Kier alpha value is -1.95. The van der Waals surface area contributed by atoms with Gasteiger partial charge in [0.25, 0.3) is 5.91 Å². The number of amides is 1. The molecule has 140 valence electrons. The zero-order valence-electron chi connectivity index (χ0n) is 16.1. The maximum Gasteiger partial charge on any atom is 0.259 e. The second-order valence-corrected chi connectivity index (χ2v) is 8.16. The van der Waals surface area contributed by atoms with E-state index < -0.39 is 5.60 Å². The molecule has 1 aliphatic heterocycles. The van der Waals surface area contributed by atoms with E-state index in [9.17, 15) is 9.90 Å². The van der Waals surface area contributed by atoms with E-state index in [0.717, 1.165) is 49.3 Å². The Bertz CT molecular complexity index is 874. The summed E-state index contributed by atoms with van der Waals surface area (Å²) in [5, 5.41) is 15.6. The molecule has 2 aliphatic rings. The van der Waals surface area contributed by atoms with Gasteiger partial charge in [0.05, 0.1) is 11.3 Å². The van der Waals surface area contributed by atoms with E-state index >= 15 is 0 Å². The number of carbonyl (C=O) groups excluding carboxylic acids is 1. The van der Waals surface area contributed by atoms with Gasteiger partial charge >= 0.3 is 0 Å². The third-order valence-corrected chi connectivity index (χ3v) is 6.50. The smallest absolute Gasteiger partial charge is 0.259 e. The van der Waals surface area contributed by atoms with Crippen LogP contribution in [0.1, 0.15) is 60.0 Å². The van der Waals surface area contributed by atoms with Crippen molar-refractivity contribution in [3.63, 3.8) is 0 Å². The van der Waals surface area contributed by atoms with Crippen LogP contribution in [-0.2, 0) is 0 Å². The molecule has 2 fully saturated rings. The van der Waals surface area contributed by atoms with Gasteiger partial charge in [-0.2, -0.15) is 5.10 Å². The highest BCUT2D eigenvalue weighted by molar-refractivity contribution is 6.01. The zero-order valence-corrected chi connectivity index (χ0v) is 16.1. The minimum Gasteiger partial charge on any atom is -0.390 e. The van der Waals surface area contributed by atoms with Crippen LogP contribution in [0.15, 0.2) is 6.07 Å². The van der Waals surface area contributed by atoms with E-state index in [1.807, 2.05) is 31.7 Å². The molecule has 3 atom stereocenters.